The Morgan fingerprint density at radius 1 is 1.70 bits per heavy atom. The largest absolute Gasteiger partial charge is 0.480 e. The van der Waals surface area contributed by atoms with Gasteiger partial charge in [-0.25, -0.2) is 0 Å². The first kappa shape index (κ1) is 7.54. The zero-order valence-corrected chi connectivity index (χ0v) is 6.13. The molecule has 2 atom stereocenters. The highest BCUT2D eigenvalue weighted by atomic mass is 16.4. The monoisotopic (exact) mass is 143 g/mol. The second kappa shape index (κ2) is 3.01. The van der Waals surface area contributed by atoms with Crippen molar-refractivity contribution in [3.63, 3.8) is 0 Å². The molecule has 0 spiro atoms. The van der Waals surface area contributed by atoms with Gasteiger partial charge in [-0.3, -0.25) is 4.79 Å². The number of carboxylic acids is 1. The van der Waals surface area contributed by atoms with Crippen molar-refractivity contribution in [2.45, 2.75) is 25.8 Å². The first-order valence-electron chi connectivity index (χ1n) is 3.66. The smallest absolute Gasteiger partial charge is 0.320 e. The highest BCUT2D eigenvalue weighted by Gasteiger charge is 2.23. The van der Waals surface area contributed by atoms with Crippen molar-refractivity contribution in [3.8, 4) is 0 Å². The summed E-state index contributed by atoms with van der Waals surface area (Å²) < 4.78 is 0. The lowest BCUT2D eigenvalue weighted by molar-refractivity contribution is -0.140. The Morgan fingerprint density at radius 3 is 2.80 bits per heavy atom. The number of carboxylic acid groups (broad SMARTS) is 1. The molecule has 0 bridgehead atoms. The van der Waals surface area contributed by atoms with Gasteiger partial charge in [0, 0.05) is 0 Å². The average molecular weight is 143 g/mol. The lowest BCUT2D eigenvalue weighted by atomic mass is 9.94. The van der Waals surface area contributed by atoms with Crippen LogP contribution in [0.5, 0.6) is 0 Å². The van der Waals surface area contributed by atoms with Gasteiger partial charge in [0.05, 0.1) is 0 Å². The fourth-order valence-electron chi connectivity index (χ4n) is 1.30. The molecule has 1 unspecified atom stereocenters. The Morgan fingerprint density at radius 2 is 2.40 bits per heavy atom. The van der Waals surface area contributed by atoms with Crippen molar-refractivity contribution in [1.29, 1.82) is 0 Å². The van der Waals surface area contributed by atoms with Crippen LogP contribution in [0.2, 0.25) is 0 Å². The summed E-state index contributed by atoms with van der Waals surface area (Å²) >= 11 is 0. The molecule has 10 heavy (non-hydrogen) atoms. The fraction of sp³-hybridized carbons (Fsp3) is 0.857. The summed E-state index contributed by atoms with van der Waals surface area (Å²) in [6.45, 7) is 2.94. The Balaban J connectivity index is 2.39. The molecule has 58 valence electrons. The van der Waals surface area contributed by atoms with Crippen molar-refractivity contribution in [2.75, 3.05) is 6.54 Å². The molecule has 1 aliphatic heterocycles. The molecule has 3 nitrogen and oxygen atoms in total. The fourth-order valence-corrected chi connectivity index (χ4v) is 1.30. The van der Waals surface area contributed by atoms with Crippen LogP contribution in [-0.4, -0.2) is 23.7 Å². The first-order valence-corrected chi connectivity index (χ1v) is 3.66. The Labute approximate surface area is 60.4 Å². The SMILES string of the molecule is CC1CCN[C@@H](C(=O)O)C1. The number of nitrogens with one attached hydrogen (secondary N) is 1. The van der Waals surface area contributed by atoms with Crippen LogP contribution >= 0.6 is 0 Å². The summed E-state index contributed by atoms with van der Waals surface area (Å²) in [5, 5.41) is 11.5. The number of piperidine rings is 1. The van der Waals surface area contributed by atoms with E-state index in [1.54, 1.807) is 0 Å². The van der Waals surface area contributed by atoms with Crippen LogP contribution in [0, 0.1) is 5.92 Å². The molecule has 2 N–H and O–H groups in total. The molecule has 0 saturated carbocycles. The number of carbonyl (C=O) groups is 1. The van der Waals surface area contributed by atoms with Gasteiger partial charge in [-0.2, -0.15) is 0 Å². The van der Waals surface area contributed by atoms with E-state index in [-0.39, 0.29) is 6.04 Å². The molecule has 1 saturated heterocycles. The topological polar surface area (TPSA) is 49.3 Å². The van der Waals surface area contributed by atoms with E-state index >= 15 is 0 Å². The Hall–Kier alpha value is -0.570. The number of rotatable bonds is 1. The minimum atomic E-state index is -0.716. The molecular formula is C7H13NO2. The molecule has 0 aromatic heterocycles. The highest BCUT2D eigenvalue weighted by molar-refractivity contribution is 5.73. The van der Waals surface area contributed by atoms with Crippen LogP contribution in [0.15, 0.2) is 0 Å². The van der Waals surface area contributed by atoms with E-state index in [2.05, 4.69) is 12.2 Å². The maximum Gasteiger partial charge on any atom is 0.320 e. The quantitative estimate of drug-likeness (QED) is 0.560. The second-order valence-electron chi connectivity index (χ2n) is 2.97. The third kappa shape index (κ3) is 1.70. The lowest BCUT2D eigenvalue weighted by Gasteiger charge is -2.24. The van der Waals surface area contributed by atoms with Crippen LogP contribution in [0.3, 0.4) is 0 Å². The molecule has 1 heterocycles. The summed E-state index contributed by atoms with van der Waals surface area (Å²) in [7, 11) is 0. The van der Waals surface area contributed by atoms with Gasteiger partial charge in [-0.05, 0) is 25.3 Å². The summed E-state index contributed by atoms with van der Waals surface area (Å²) in [6, 6.07) is -0.302. The van der Waals surface area contributed by atoms with Gasteiger partial charge in [0.25, 0.3) is 0 Å². The van der Waals surface area contributed by atoms with E-state index in [1.807, 2.05) is 0 Å². The third-order valence-electron chi connectivity index (χ3n) is 1.96. The van der Waals surface area contributed by atoms with E-state index in [0.717, 1.165) is 19.4 Å². The normalized spacial score (nSPS) is 33.7. The van der Waals surface area contributed by atoms with Crippen LogP contribution in [-0.2, 0) is 4.79 Å². The Kier molecular flexibility index (Phi) is 2.27. The summed E-state index contributed by atoms with van der Waals surface area (Å²) in [5.41, 5.74) is 0. The van der Waals surface area contributed by atoms with E-state index in [9.17, 15) is 4.79 Å². The second-order valence-corrected chi connectivity index (χ2v) is 2.97. The number of hydrogen-bond acceptors (Lipinski definition) is 2. The highest BCUT2D eigenvalue weighted by Crippen LogP contribution is 2.14. The predicted molar refractivity (Wildman–Crippen MR) is 37.8 cm³/mol. The van der Waals surface area contributed by atoms with Crippen LogP contribution < -0.4 is 5.32 Å². The van der Waals surface area contributed by atoms with Gasteiger partial charge in [-0.15, -0.1) is 0 Å². The summed E-state index contributed by atoms with van der Waals surface area (Å²) in [4.78, 5) is 10.4. The molecule has 0 aromatic carbocycles. The maximum atomic E-state index is 10.4. The molecule has 3 heteroatoms. The Bertz CT molecular complexity index is 136. The lowest BCUT2D eigenvalue weighted by Crippen LogP contribution is -2.42. The van der Waals surface area contributed by atoms with Crippen molar-refractivity contribution < 1.29 is 9.90 Å². The summed E-state index contributed by atoms with van der Waals surface area (Å²) in [5.74, 6) is -0.158. The van der Waals surface area contributed by atoms with E-state index in [4.69, 9.17) is 5.11 Å². The van der Waals surface area contributed by atoms with E-state index < -0.39 is 5.97 Å². The standard InChI is InChI=1S/C7H13NO2/c1-5-2-3-8-6(4-5)7(9)10/h5-6,8H,2-4H2,1H3,(H,9,10)/t5?,6-/m1/s1. The van der Waals surface area contributed by atoms with Crippen molar-refractivity contribution >= 4 is 5.97 Å². The zero-order chi connectivity index (χ0) is 7.56. The molecule has 0 aliphatic carbocycles. The number of hydrogen-bond donors (Lipinski definition) is 2. The molecule has 1 rings (SSSR count). The van der Waals surface area contributed by atoms with E-state index in [0.29, 0.717) is 5.92 Å². The number of aliphatic carboxylic acids is 1. The van der Waals surface area contributed by atoms with Crippen LogP contribution in [0.1, 0.15) is 19.8 Å². The van der Waals surface area contributed by atoms with E-state index in [1.165, 1.54) is 0 Å². The summed E-state index contributed by atoms with van der Waals surface area (Å²) in [6.07, 6.45) is 1.87. The average Bonchev–Trinajstić information content (AvgIpc) is 1.88. The third-order valence-corrected chi connectivity index (χ3v) is 1.96. The van der Waals surface area contributed by atoms with Crippen molar-refractivity contribution in [1.82, 2.24) is 5.32 Å². The van der Waals surface area contributed by atoms with Gasteiger partial charge in [0.1, 0.15) is 6.04 Å². The first-order chi connectivity index (χ1) is 4.70. The zero-order valence-electron chi connectivity index (χ0n) is 6.13. The van der Waals surface area contributed by atoms with Gasteiger partial charge in [0.15, 0.2) is 0 Å². The molecular weight excluding hydrogens is 130 g/mol. The van der Waals surface area contributed by atoms with Crippen molar-refractivity contribution in [3.05, 3.63) is 0 Å². The van der Waals surface area contributed by atoms with Crippen LogP contribution in [0.4, 0.5) is 0 Å². The van der Waals surface area contributed by atoms with Crippen molar-refractivity contribution in [2.24, 2.45) is 5.92 Å². The van der Waals surface area contributed by atoms with Gasteiger partial charge in [0.2, 0.25) is 0 Å². The molecule has 0 aromatic rings. The predicted octanol–water partition coefficient (Wildman–Crippen LogP) is 0.459. The maximum absolute atomic E-state index is 10.4. The minimum Gasteiger partial charge on any atom is -0.480 e. The molecule has 0 amide bonds. The van der Waals surface area contributed by atoms with Gasteiger partial charge < -0.3 is 10.4 Å². The van der Waals surface area contributed by atoms with Crippen LogP contribution in [0.25, 0.3) is 0 Å². The van der Waals surface area contributed by atoms with Gasteiger partial charge in [-0.1, -0.05) is 6.92 Å². The minimum absolute atomic E-state index is 0.302. The molecule has 1 fully saturated rings. The molecule has 1 aliphatic rings. The molecule has 0 radical (unpaired) electrons. The van der Waals surface area contributed by atoms with Gasteiger partial charge >= 0.3 is 5.97 Å².